The average Bonchev–Trinajstić information content (AvgIpc) is 2.81. The minimum atomic E-state index is 0.840. The lowest BCUT2D eigenvalue weighted by molar-refractivity contribution is 0.313. The Bertz CT molecular complexity index is 571. The van der Waals surface area contributed by atoms with Crippen LogP contribution < -0.4 is 0 Å². The second kappa shape index (κ2) is 7.41. The molecule has 0 amide bonds. The number of hydrogen-bond acceptors (Lipinski definition) is 2. The molecule has 0 atom stereocenters. The molecule has 20 heavy (non-hydrogen) atoms. The monoisotopic (exact) mass is 289 g/mol. The van der Waals surface area contributed by atoms with Crippen LogP contribution in [0.3, 0.4) is 0 Å². The quantitative estimate of drug-likeness (QED) is 0.787. The smallest absolute Gasteiger partial charge is 0.177 e. The van der Waals surface area contributed by atoms with Gasteiger partial charge in [0.05, 0.1) is 0 Å². The Hall–Kier alpha value is -1.39. The van der Waals surface area contributed by atoms with Crippen molar-refractivity contribution in [2.24, 2.45) is 0 Å². The van der Waals surface area contributed by atoms with Crippen LogP contribution in [0.1, 0.15) is 24.6 Å². The highest BCUT2D eigenvalue weighted by molar-refractivity contribution is 7.71. The molecule has 0 bridgehead atoms. The maximum Gasteiger partial charge on any atom is 0.177 e. The van der Waals surface area contributed by atoms with Crippen molar-refractivity contribution in [1.29, 1.82) is 0 Å². The van der Waals surface area contributed by atoms with Gasteiger partial charge in [-0.15, -0.1) is 0 Å². The van der Waals surface area contributed by atoms with E-state index in [2.05, 4.69) is 58.8 Å². The molecule has 2 rings (SSSR count). The Labute approximate surface area is 126 Å². The zero-order valence-corrected chi connectivity index (χ0v) is 13.1. The Morgan fingerprint density at radius 2 is 2.00 bits per heavy atom. The second-order valence-electron chi connectivity index (χ2n) is 5.17. The third-order valence-corrected chi connectivity index (χ3v) is 3.87. The predicted molar refractivity (Wildman–Crippen MR) is 86.4 cm³/mol. The maximum absolute atomic E-state index is 5.32. The fourth-order valence-corrected chi connectivity index (χ4v) is 2.71. The molecule has 108 valence electrons. The van der Waals surface area contributed by atoms with E-state index in [4.69, 9.17) is 12.2 Å². The van der Waals surface area contributed by atoms with Crippen molar-refractivity contribution in [3.05, 3.63) is 52.6 Å². The summed E-state index contributed by atoms with van der Waals surface area (Å²) in [4.78, 5) is 5.49. The molecule has 3 nitrogen and oxygen atoms in total. The van der Waals surface area contributed by atoms with Gasteiger partial charge in [-0.05, 0) is 44.2 Å². The van der Waals surface area contributed by atoms with Crippen LogP contribution in [0.5, 0.6) is 0 Å². The van der Waals surface area contributed by atoms with Crippen molar-refractivity contribution >= 4 is 12.2 Å². The van der Waals surface area contributed by atoms with Crippen LogP contribution in [0, 0.1) is 4.77 Å². The Morgan fingerprint density at radius 3 is 2.70 bits per heavy atom. The number of aromatic amines is 1. The minimum absolute atomic E-state index is 0.840. The van der Waals surface area contributed by atoms with E-state index in [1.807, 2.05) is 6.20 Å². The Balaban J connectivity index is 1.81. The molecule has 0 aliphatic rings. The van der Waals surface area contributed by atoms with E-state index in [0.717, 1.165) is 37.2 Å². The number of aromatic nitrogens is 2. The van der Waals surface area contributed by atoms with Crippen molar-refractivity contribution in [2.45, 2.75) is 32.9 Å². The van der Waals surface area contributed by atoms with Gasteiger partial charge in [-0.3, -0.25) is 0 Å². The molecule has 1 aromatic heterocycles. The number of imidazole rings is 1. The highest BCUT2D eigenvalue weighted by Crippen LogP contribution is 2.06. The van der Waals surface area contributed by atoms with E-state index in [1.54, 1.807) is 0 Å². The number of rotatable bonds is 7. The lowest BCUT2D eigenvalue weighted by Crippen LogP contribution is -2.20. The summed E-state index contributed by atoms with van der Waals surface area (Å²) in [6.45, 7) is 5.23. The summed E-state index contributed by atoms with van der Waals surface area (Å²) in [5, 5.41) is 0. The fourth-order valence-electron chi connectivity index (χ4n) is 2.44. The first-order chi connectivity index (χ1) is 9.70. The zero-order valence-electron chi connectivity index (χ0n) is 12.3. The normalized spacial score (nSPS) is 11.2. The molecule has 1 N–H and O–H groups in total. The summed E-state index contributed by atoms with van der Waals surface area (Å²) in [5.74, 6) is 0. The van der Waals surface area contributed by atoms with Gasteiger partial charge in [0, 0.05) is 25.0 Å². The molecule has 0 spiro atoms. The van der Waals surface area contributed by atoms with E-state index in [0.29, 0.717) is 0 Å². The molecule has 1 heterocycles. The van der Waals surface area contributed by atoms with Gasteiger partial charge in [-0.2, -0.15) is 0 Å². The summed E-state index contributed by atoms with van der Waals surface area (Å²) in [6, 6.07) is 10.6. The standard InChI is InChI=1S/C16H23N3S/c1-3-15-12-17-16(20)19(15)11-7-10-18(2)13-14-8-5-4-6-9-14/h4-6,8-9,12H,3,7,10-11,13H2,1-2H3,(H,17,20). The largest absolute Gasteiger partial charge is 0.337 e. The predicted octanol–water partition coefficient (Wildman–Crippen LogP) is 3.63. The van der Waals surface area contributed by atoms with E-state index in [-0.39, 0.29) is 0 Å². The zero-order chi connectivity index (χ0) is 14.4. The molecule has 0 saturated carbocycles. The van der Waals surface area contributed by atoms with E-state index >= 15 is 0 Å². The van der Waals surface area contributed by atoms with Crippen LogP contribution in [-0.2, 0) is 19.5 Å². The van der Waals surface area contributed by atoms with E-state index in [1.165, 1.54) is 11.3 Å². The van der Waals surface area contributed by atoms with Gasteiger partial charge in [0.15, 0.2) is 4.77 Å². The van der Waals surface area contributed by atoms with Gasteiger partial charge in [-0.1, -0.05) is 37.3 Å². The molecule has 0 unspecified atom stereocenters. The number of aryl methyl sites for hydroxylation is 1. The van der Waals surface area contributed by atoms with Crippen molar-refractivity contribution < 1.29 is 0 Å². The molecule has 4 heteroatoms. The highest BCUT2D eigenvalue weighted by Gasteiger charge is 2.03. The SMILES string of the molecule is CCc1c[nH]c(=S)n1CCCN(C)Cc1ccccc1. The molecule has 0 radical (unpaired) electrons. The summed E-state index contributed by atoms with van der Waals surface area (Å²) in [5.41, 5.74) is 2.66. The van der Waals surface area contributed by atoms with Gasteiger partial charge in [-0.25, -0.2) is 0 Å². The number of benzene rings is 1. The minimum Gasteiger partial charge on any atom is -0.337 e. The van der Waals surface area contributed by atoms with E-state index in [9.17, 15) is 0 Å². The first-order valence-corrected chi connectivity index (χ1v) is 7.61. The molecular formula is C16H23N3S. The summed E-state index contributed by atoms with van der Waals surface area (Å²) in [6.07, 6.45) is 4.16. The van der Waals surface area contributed by atoms with Gasteiger partial charge in [0.1, 0.15) is 0 Å². The van der Waals surface area contributed by atoms with Crippen molar-refractivity contribution in [1.82, 2.24) is 14.5 Å². The Morgan fingerprint density at radius 1 is 1.25 bits per heavy atom. The van der Waals surface area contributed by atoms with Crippen LogP contribution in [0.15, 0.2) is 36.5 Å². The molecule has 2 aromatic rings. The molecule has 0 fully saturated rings. The fraction of sp³-hybridized carbons (Fsp3) is 0.438. The van der Waals surface area contributed by atoms with Crippen LogP contribution in [0.25, 0.3) is 0 Å². The van der Waals surface area contributed by atoms with Gasteiger partial charge in [0.25, 0.3) is 0 Å². The third kappa shape index (κ3) is 4.05. The third-order valence-electron chi connectivity index (χ3n) is 3.53. The highest BCUT2D eigenvalue weighted by atomic mass is 32.1. The summed E-state index contributed by atoms with van der Waals surface area (Å²) in [7, 11) is 2.17. The topological polar surface area (TPSA) is 24.0 Å². The van der Waals surface area contributed by atoms with Crippen molar-refractivity contribution in [2.75, 3.05) is 13.6 Å². The summed E-state index contributed by atoms with van der Waals surface area (Å²) >= 11 is 5.32. The molecule has 0 aliphatic heterocycles. The Kier molecular flexibility index (Phi) is 5.56. The van der Waals surface area contributed by atoms with Crippen LogP contribution in [0.4, 0.5) is 0 Å². The second-order valence-corrected chi connectivity index (χ2v) is 5.55. The van der Waals surface area contributed by atoms with Crippen molar-refractivity contribution in [3.63, 3.8) is 0 Å². The number of H-pyrrole nitrogens is 1. The average molecular weight is 289 g/mol. The van der Waals surface area contributed by atoms with Crippen LogP contribution >= 0.6 is 12.2 Å². The maximum atomic E-state index is 5.32. The number of nitrogens with one attached hydrogen (secondary N) is 1. The molecule has 0 aliphatic carbocycles. The lowest BCUT2D eigenvalue weighted by Gasteiger charge is -2.17. The van der Waals surface area contributed by atoms with Gasteiger partial charge >= 0.3 is 0 Å². The molecule has 1 aromatic carbocycles. The van der Waals surface area contributed by atoms with Gasteiger partial charge < -0.3 is 14.5 Å². The molecule has 0 saturated heterocycles. The molecular weight excluding hydrogens is 266 g/mol. The van der Waals surface area contributed by atoms with E-state index < -0.39 is 0 Å². The van der Waals surface area contributed by atoms with Crippen LogP contribution in [-0.4, -0.2) is 28.0 Å². The van der Waals surface area contributed by atoms with Crippen LogP contribution in [0.2, 0.25) is 0 Å². The van der Waals surface area contributed by atoms with Crippen molar-refractivity contribution in [3.8, 4) is 0 Å². The first-order valence-electron chi connectivity index (χ1n) is 7.20. The number of hydrogen-bond donors (Lipinski definition) is 1. The first kappa shape index (κ1) is 15.0. The van der Waals surface area contributed by atoms with Gasteiger partial charge in [0.2, 0.25) is 0 Å². The lowest BCUT2D eigenvalue weighted by atomic mass is 10.2. The summed E-state index contributed by atoms with van der Waals surface area (Å²) < 4.78 is 3.05. The number of nitrogens with zero attached hydrogens (tertiary/aromatic N) is 2.